The van der Waals surface area contributed by atoms with Crippen molar-refractivity contribution in [1.82, 2.24) is 5.32 Å². The molecule has 0 aromatic heterocycles. The molecule has 0 aliphatic carbocycles. The second-order valence-corrected chi connectivity index (χ2v) is 8.21. The number of anilines is 1. The van der Waals surface area contributed by atoms with Crippen LogP contribution >= 0.6 is 0 Å². The molecule has 3 aliphatic heterocycles. The molecule has 0 spiro atoms. The molecule has 3 heterocycles. The van der Waals surface area contributed by atoms with Gasteiger partial charge in [-0.25, -0.2) is 0 Å². The number of Topliss-reactive ketones (excluding diaryl/α,β-unsaturated/α-hetero) is 1. The summed E-state index contributed by atoms with van der Waals surface area (Å²) in [6.45, 7) is 4.03. The molecule has 152 valence electrons. The second kappa shape index (κ2) is 6.55. The monoisotopic (exact) mass is 402 g/mol. The van der Waals surface area contributed by atoms with E-state index in [1.54, 1.807) is 31.4 Å². The fourth-order valence-electron chi connectivity index (χ4n) is 5.12. The topological polar surface area (TPSA) is 75.7 Å². The molecule has 30 heavy (non-hydrogen) atoms. The molecular weight excluding hydrogens is 380 g/mol. The summed E-state index contributed by atoms with van der Waals surface area (Å²) in [5, 5.41) is 2.45. The standard InChI is InChI=1S/C24H22N2O4/c1-12-7-8-17-16(9-12)13(2)10-18-19-20(24(29)25-23(19)28)21(26(17)18)22(27)14-5-4-6-15(11-14)30-3/h4-11,18-21H,1-3H3,(H,25,28,29)/t18-,19-,20+,21+/m1/s1. The van der Waals surface area contributed by atoms with Gasteiger partial charge in [0.05, 0.1) is 25.0 Å². The number of hydrogen-bond acceptors (Lipinski definition) is 5. The Morgan fingerprint density at radius 2 is 1.80 bits per heavy atom. The van der Waals surface area contributed by atoms with Gasteiger partial charge in [0.2, 0.25) is 11.8 Å². The molecule has 0 bridgehead atoms. The van der Waals surface area contributed by atoms with Crippen LogP contribution in [0, 0.1) is 18.8 Å². The number of allylic oxidation sites excluding steroid dienone is 1. The minimum atomic E-state index is -0.760. The normalized spacial score (nSPS) is 26.5. The van der Waals surface area contributed by atoms with Crippen LogP contribution in [-0.4, -0.2) is 36.8 Å². The van der Waals surface area contributed by atoms with Crippen molar-refractivity contribution in [2.75, 3.05) is 12.0 Å². The number of ether oxygens (including phenoxy) is 1. The molecule has 5 rings (SSSR count). The number of fused-ring (bicyclic) bond motifs is 5. The van der Waals surface area contributed by atoms with Crippen molar-refractivity contribution in [2.24, 2.45) is 11.8 Å². The molecule has 2 aromatic rings. The molecule has 3 aliphatic rings. The number of aryl methyl sites for hydroxylation is 1. The van der Waals surface area contributed by atoms with Gasteiger partial charge in [0.1, 0.15) is 11.8 Å². The summed E-state index contributed by atoms with van der Waals surface area (Å²) < 4.78 is 5.27. The number of nitrogens with zero attached hydrogens (tertiary/aromatic N) is 1. The van der Waals surface area contributed by atoms with Crippen molar-refractivity contribution in [3.05, 3.63) is 65.2 Å². The molecule has 6 heteroatoms. The van der Waals surface area contributed by atoms with Crippen LogP contribution in [0.15, 0.2) is 48.5 Å². The number of hydrogen-bond donors (Lipinski definition) is 1. The predicted octanol–water partition coefficient (Wildman–Crippen LogP) is 2.75. The first-order chi connectivity index (χ1) is 14.4. The summed E-state index contributed by atoms with van der Waals surface area (Å²) in [6.07, 6.45) is 2.02. The Kier molecular flexibility index (Phi) is 4.07. The lowest BCUT2D eigenvalue weighted by Crippen LogP contribution is -2.48. The summed E-state index contributed by atoms with van der Waals surface area (Å²) in [5.74, 6) is -1.60. The number of imide groups is 1. The van der Waals surface area contributed by atoms with Gasteiger partial charge in [-0.3, -0.25) is 19.7 Å². The average Bonchev–Trinajstić information content (AvgIpc) is 3.23. The van der Waals surface area contributed by atoms with Gasteiger partial charge in [-0.05, 0) is 43.7 Å². The Hall–Kier alpha value is -3.41. The maximum absolute atomic E-state index is 13.7. The van der Waals surface area contributed by atoms with E-state index in [0.717, 1.165) is 22.4 Å². The zero-order valence-electron chi connectivity index (χ0n) is 17.0. The highest BCUT2D eigenvalue weighted by Gasteiger charge is 2.61. The minimum Gasteiger partial charge on any atom is -0.497 e. The van der Waals surface area contributed by atoms with Crippen molar-refractivity contribution in [3.8, 4) is 5.75 Å². The van der Waals surface area contributed by atoms with E-state index in [0.29, 0.717) is 11.3 Å². The van der Waals surface area contributed by atoms with Crippen molar-refractivity contribution >= 4 is 28.9 Å². The molecule has 0 radical (unpaired) electrons. The Balaban J connectivity index is 1.68. The molecular formula is C24H22N2O4. The highest BCUT2D eigenvalue weighted by Crippen LogP contribution is 2.48. The van der Waals surface area contributed by atoms with Crippen molar-refractivity contribution < 1.29 is 19.1 Å². The van der Waals surface area contributed by atoms with Gasteiger partial charge < -0.3 is 9.64 Å². The molecule has 1 N–H and O–H groups in total. The predicted molar refractivity (Wildman–Crippen MR) is 112 cm³/mol. The smallest absolute Gasteiger partial charge is 0.233 e. The first kappa shape index (κ1) is 18.6. The summed E-state index contributed by atoms with van der Waals surface area (Å²) >= 11 is 0. The molecule has 4 atom stereocenters. The summed E-state index contributed by atoms with van der Waals surface area (Å²) in [7, 11) is 1.55. The third kappa shape index (κ3) is 2.53. The van der Waals surface area contributed by atoms with Crippen LogP contribution in [-0.2, 0) is 9.59 Å². The number of benzene rings is 2. The lowest BCUT2D eigenvalue weighted by atomic mass is 9.85. The van der Waals surface area contributed by atoms with Crippen LogP contribution in [0.2, 0.25) is 0 Å². The van der Waals surface area contributed by atoms with Crippen molar-refractivity contribution in [1.29, 1.82) is 0 Å². The fourth-order valence-corrected chi connectivity index (χ4v) is 5.12. The highest BCUT2D eigenvalue weighted by atomic mass is 16.5. The fraction of sp³-hybridized carbons (Fsp3) is 0.292. The van der Waals surface area contributed by atoms with Gasteiger partial charge in [-0.2, -0.15) is 0 Å². The van der Waals surface area contributed by atoms with Gasteiger partial charge in [0, 0.05) is 16.8 Å². The van der Waals surface area contributed by atoms with Gasteiger partial charge in [-0.1, -0.05) is 29.8 Å². The number of methoxy groups -OCH3 is 1. The molecule has 6 nitrogen and oxygen atoms in total. The third-order valence-corrected chi connectivity index (χ3v) is 6.47. The first-order valence-corrected chi connectivity index (χ1v) is 10.0. The van der Waals surface area contributed by atoms with Crippen molar-refractivity contribution in [2.45, 2.75) is 25.9 Å². The number of carbonyl (C=O) groups is 3. The zero-order chi connectivity index (χ0) is 21.2. The lowest BCUT2D eigenvalue weighted by Gasteiger charge is -2.37. The number of nitrogens with one attached hydrogen (secondary N) is 1. The quantitative estimate of drug-likeness (QED) is 0.631. The SMILES string of the molecule is COc1cccc(C(=O)[C@@H]2[C@H]3C(=O)NC(=O)[C@@H]3[C@H]3C=C(C)c4cc(C)ccc4N32)c1. The van der Waals surface area contributed by atoms with Gasteiger partial charge >= 0.3 is 0 Å². The van der Waals surface area contributed by atoms with Gasteiger partial charge in [0.25, 0.3) is 0 Å². The maximum atomic E-state index is 13.7. The van der Waals surface area contributed by atoms with E-state index in [1.165, 1.54) is 0 Å². The largest absolute Gasteiger partial charge is 0.497 e. The average molecular weight is 402 g/mol. The Labute approximate surface area is 174 Å². The van der Waals surface area contributed by atoms with Gasteiger partial charge in [-0.15, -0.1) is 0 Å². The molecule has 0 saturated carbocycles. The van der Waals surface area contributed by atoms with E-state index in [9.17, 15) is 14.4 Å². The van der Waals surface area contributed by atoms with E-state index >= 15 is 0 Å². The van der Waals surface area contributed by atoms with Crippen LogP contribution < -0.4 is 15.0 Å². The van der Waals surface area contributed by atoms with Crippen LogP contribution in [0.5, 0.6) is 5.75 Å². The van der Waals surface area contributed by atoms with Crippen molar-refractivity contribution in [3.63, 3.8) is 0 Å². The van der Waals surface area contributed by atoms with Crippen LogP contribution in [0.1, 0.15) is 28.4 Å². The molecule has 2 amide bonds. The summed E-state index contributed by atoms with van der Waals surface area (Å²) in [4.78, 5) is 41.1. The second-order valence-electron chi connectivity index (χ2n) is 8.21. The maximum Gasteiger partial charge on any atom is 0.233 e. The van der Waals surface area contributed by atoms with E-state index < -0.39 is 17.9 Å². The molecule has 2 fully saturated rings. The number of rotatable bonds is 3. The number of ketones is 1. The third-order valence-electron chi connectivity index (χ3n) is 6.47. The Morgan fingerprint density at radius 3 is 2.57 bits per heavy atom. The summed E-state index contributed by atoms with van der Waals surface area (Å²) in [6, 6.07) is 11.9. The zero-order valence-corrected chi connectivity index (χ0v) is 17.0. The lowest BCUT2D eigenvalue weighted by molar-refractivity contribution is -0.126. The molecule has 2 aromatic carbocycles. The highest BCUT2D eigenvalue weighted by molar-refractivity contribution is 6.14. The molecule has 2 saturated heterocycles. The molecule has 0 unspecified atom stereocenters. The number of amides is 2. The van der Waals surface area contributed by atoms with Crippen LogP contribution in [0.3, 0.4) is 0 Å². The Morgan fingerprint density at radius 1 is 1.03 bits per heavy atom. The van der Waals surface area contributed by atoms with E-state index in [1.807, 2.05) is 37.0 Å². The van der Waals surface area contributed by atoms with Crippen LogP contribution in [0.4, 0.5) is 5.69 Å². The van der Waals surface area contributed by atoms with E-state index in [2.05, 4.69) is 11.4 Å². The van der Waals surface area contributed by atoms with Gasteiger partial charge in [0.15, 0.2) is 5.78 Å². The minimum absolute atomic E-state index is 0.185. The van der Waals surface area contributed by atoms with E-state index in [-0.39, 0.29) is 23.6 Å². The summed E-state index contributed by atoms with van der Waals surface area (Å²) in [5.41, 5.74) is 4.55. The first-order valence-electron chi connectivity index (χ1n) is 10.0. The van der Waals surface area contributed by atoms with Crippen LogP contribution in [0.25, 0.3) is 5.57 Å². The van der Waals surface area contributed by atoms with E-state index in [4.69, 9.17) is 4.74 Å². The number of carbonyl (C=O) groups excluding carboxylic acids is 3. The Bertz CT molecular complexity index is 1140.